The van der Waals surface area contributed by atoms with Crippen molar-refractivity contribution in [3.05, 3.63) is 64.1 Å². The van der Waals surface area contributed by atoms with Gasteiger partial charge in [-0.2, -0.15) is 18.3 Å². The lowest BCUT2D eigenvalue weighted by molar-refractivity contribution is -0.384. The van der Waals surface area contributed by atoms with E-state index in [-0.39, 0.29) is 11.7 Å². The molecule has 2 aromatic heterocycles. The van der Waals surface area contributed by atoms with E-state index in [9.17, 15) is 23.3 Å². The number of nitrogens with zero attached hydrogens (tertiary/aromatic N) is 6. The molecule has 0 amide bonds. The van der Waals surface area contributed by atoms with Gasteiger partial charge in [-0.3, -0.25) is 14.8 Å². The van der Waals surface area contributed by atoms with Gasteiger partial charge in [0.05, 0.1) is 11.0 Å². The molecule has 1 aliphatic rings. The molecular weight excluding hydrogens is 413 g/mol. The maximum atomic E-state index is 12.9. The number of rotatable bonds is 4. The molecule has 1 unspecified atom stereocenters. The van der Waals surface area contributed by atoms with Gasteiger partial charge in [0.1, 0.15) is 5.82 Å². The molecule has 4 rings (SSSR count). The van der Waals surface area contributed by atoms with Crippen molar-refractivity contribution in [3.63, 3.8) is 0 Å². The average Bonchev–Trinajstić information content (AvgIpc) is 3.24. The third-order valence-electron chi connectivity index (χ3n) is 5.15. The Morgan fingerprint density at radius 3 is 2.71 bits per heavy atom. The molecule has 31 heavy (non-hydrogen) atoms. The molecule has 0 aliphatic carbocycles. The second-order valence-corrected chi connectivity index (χ2v) is 7.42. The highest BCUT2D eigenvalue weighted by Crippen LogP contribution is 2.31. The molecule has 1 atom stereocenters. The van der Waals surface area contributed by atoms with Crippen molar-refractivity contribution in [3.8, 4) is 11.4 Å². The zero-order valence-corrected chi connectivity index (χ0v) is 16.6. The van der Waals surface area contributed by atoms with Gasteiger partial charge in [-0.05, 0) is 25.8 Å². The number of alkyl halides is 3. The van der Waals surface area contributed by atoms with Gasteiger partial charge in [0, 0.05) is 48.7 Å². The summed E-state index contributed by atoms with van der Waals surface area (Å²) >= 11 is 0. The Morgan fingerprint density at radius 2 is 2.00 bits per heavy atom. The van der Waals surface area contributed by atoms with Gasteiger partial charge in [0.2, 0.25) is 0 Å². The number of hydrogen-bond donors (Lipinski definition) is 0. The predicted octanol–water partition coefficient (Wildman–Crippen LogP) is 4.42. The summed E-state index contributed by atoms with van der Waals surface area (Å²) in [6.45, 7) is 2.94. The number of nitro groups is 1. The minimum absolute atomic E-state index is 0.0543. The summed E-state index contributed by atoms with van der Waals surface area (Å²) in [7, 11) is 0. The predicted molar refractivity (Wildman–Crippen MR) is 107 cm³/mol. The van der Waals surface area contributed by atoms with Crippen LogP contribution in [0.4, 0.5) is 24.7 Å². The van der Waals surface area contributed by atoms with Crippen LogP contribution in [-0.2, 0) is 6.18 Å². The SMILES string of the molecule is Cc1cc(N2CCCC(n3ccc(C(F)(F)F)n3)C2)nc(-c2cccc([N+](=O)[O-])c2)n1. The number of non-ortho nitro benzene ring substituents is 1. The molecule has 1 aromatic carbocycles. The number of piperidine rings is 1. The molecular formula is C20H19F3N6O2. The first-order valence-electron chi connectivity index (χ1n) is 9.68. The van der Waals surface area contributed by atoms with Gasteiger partial charge in [-0.25, -0.2) is 9.97 Å². The van der Waals surface area contributed by atoms with Crippen molar-refractivity contribution in [1.29, 1.82) is 0 Å². The number of aryl methyl sites for hydroxylation is 1. The first-order valence-corrected chi connectivity index (χ1v) is 9.68. The Labute approximate surface area is 175 Å². The fourth-order valence-corrected chi connectivity index (χ4v) is 3.67. The van der Waals surface area contributed by atoms with Crippen molar-refractivity contribution in [2.24, 2.45) is 0 Å². The van der Waals surface area contributed by atoms with Crippen LogP contribution >= 0.6 is 0 Å². The molecule has 162 valence electrons. The van der Waals surface area contributed by atoms with Crippen LogP contribution in [-0.4, -0.2) is 37.8 Å². The van der Waals surface area contributed by atoms with E-state index in [1.807, 2.05) is 4.90 Å². The monoisotopic (exact) mass is 432 g/mol. The zero-order chi connectivity index (χ0) is 22.2. The second kappa shape index (κ2) is 7.97. The largest absolute Gasteiger partial charge is 0.435 e. The fourth-order valence-electron chi connectivity index (χ4n) is 3.67. The van der Waals surface area contributed by atoms with Crippen molar-refractivity contribution < 1.29 is 18.1 Å². The van der Waals surface area contributed by atoms with Crippen molar-refractivity contribution in [1.82, 2.24) is 19.7 Å². The lowest BCUT2D eigenvalue weighted by Crippen LogP contribution is -2.37. The third-order valence-corrected chi connectivity index (χ3v) is 5.15. The molecule has 1 aliphatic heterocycles. The molecule has 0 saturated carbocycles. The van der Waals surface area contributed by atoms with Crippen LogP contribution in [0.5, 0.6) is 0 Å². The van der Waals surface area contributed by atoms with Crippen LogP contribution < -0.4 is 4.90 Å². The van der Waals surface area contributed by atoms with Crippen molar-refractivity contribution in [2.45, 2.75) is 32.0 Å². The van der Waals surface area contributed by atoms with E-state index >= 15 is 0 Å². The highest BCUT2D eigenvalue weighted by Gasteiger charge is 2.34. The number of benzene rings is 1. The second-order valence-electron chi connectivity index (χ2n) is 7.42. The van der Waals surface area contributed by atoms with Crippen LogP contribution in [0.1, 0.15) is 30.3 Å². The van der Waals surface area contributed by atoms with E-state index in [2.05, 4.69) is 15.1 Å². The Balaban J connectivity index is 1.60. The van der Waals surface area contributed by atoms with Gasteiger partial charge in [0.15, 0.2) is 11.5 Å². The Hall–Kier alpha value is -3.50. The first-order chi connectivity index (χ1) is 14.7. The topological polar surface area (TPSA) is 90.0 Å². The lowest BCUT2D eigenvalue weighted by atomic mass is 10.1. The molecule has 3 aromatic rings. The van der Waals surface area contributed by atoms with Crippen LogP contribution in [0.3, 0.4) is 0 Å². The Bertz CT molecular complexity index is 1110. The van der Waals surface area contributed by atoms with Crippen molar-refractivity contribution in [2.75, 3.05) is 18.0 Å². The third kappa shape index (κ3) is 4.49. The molecule has 8 nitrogen and oxygen atoms in total. The normalized spacial score (nSPS) is 17.0. The average molecular weight is 432 g/mol. The molecule has 1 saturated heterocycles. The van der Waals surface area contributed by atoms with E-state index in [1.54, 1.807) is 25.1 Å². The first kappa shape index (κ1) is 20.8. The highest BCUT2D eigenvalue weighted by molar-refractivity contribution is 5.61. The molecule has 3 heterocycles. The summed E-state index contributed by atoms with van der Waals surface area (Å²) in [4.78, 5) is 21.6. The number of aromatic nitrogens is 4. The summed E-state index contributed by atoms with van der Waals surface area (Å²) in [5.41, 5.74) is 0.249. The van der Waals surface area contributed by atoms with Gasteiger partial charge in [-0.1, -0.05) is 12.1 Å². The summed E-state index contributed by atoms with van der Waals surface area (Å²) in [5.74, 6) is 0.987. The smallest absolute Gasteiger partial charge is 0.354 e. The quantitative estimate of drug-likeness (QED) is 0.448. The minimum Gasteiger partial charge on any atom is -0.354 e. The minimum atomic E-state index is -4.48. The van der Waals surface area contributed by atoms with E-state index in [0.717, 1.165) is 12.5 Å². The molecule has 11 heteroatoms. The fraction of sp³-hybridized carbons (Fsp3) is 0.350. The van der Waals surface area contributed by atoms with E-state index < -0.39 is 16.8 Å². The van der Waals surface area contributed by atoms with Crippen LogP contribution in [0, 0.1) is 17.0 Å². The van der Waals surface area contributed by atoms with Gasteiger partial charge in [-0.15, -0.1) is 0 Å². The molecule has 0 bridgehead atoms. The Kier molecular flexibility index (Phi) is 5.34. The molecule has 0 spiro atoms. The number of halogens is 3. The van der Waals surface area contributed by atoms with Gasteiger partial charge in [0.25, 0.3) is 5.69 Å². The lowest BCUT2D eigenvalue weighted by Gasteiger charge is -2.34. The maximum Gasteiger partial charge on any atom is 0.435 e. The Morgan fingerprint density at radius 1 is 1.19 bits per heavy atom. The standard InChI is InChI=1S/C20H19F3N6O2/c1-13-10-18(25-19(24-13)14-4-2-5-15(11-14)29(30)31)27-8-3-6-16(12-27)28-9-7-17(26-28)20(21,22)23/h2,4-5,7,9-11,16H,3,6,8,12H2,1H3. The summed E-state index contributed by atoms with van der Waals surface area (Å²) in [5, 5.41) is 14.8. The van der Waals surface area contributed by atoms with Gasteiger partial charge < -0.3 is 4.90 Å². The van der Waals surface area contributed by atoms with Crippen LogP contribution in [0.15, 0.2) is 42.6 Å². The molecule has 1 fully saturated rings. The number of anilines is 1. The summed E-state index contributed by atoms with van der Waals surface area (Å²) in [6, 6.07) is 8.65. The van der Waals surface area contributed by atoms with E-state index in [0.29, 0.717) is 42.4 Å². The summed E-state index contributed by atoms with van der Waals surface area (Å²) in [6.07, 6.45) is -1.65. The van der Waals surface area contributed by atoms with E-state index in [1.165, 1.54) is 23.0 Å². The highest BCUT2D eigenvalue weighted by atomic mass is 19.4. The maximum absolute atomic E-state index is 12.9. The zero-order valence-electron chi connectivity index (χ0n) is 16.6. The summed E-state index contributed by atoms with van der Waals surface area (Å²) < 4.78 is 40.0. The van der Waals surface area contributed by atoms with Crippen LogP contribution in [0.2, 0.25) is 0 Å². The van der Waals surface area contributed by atoms with Gasteiger partial charge >= 0.3 is 6.18 Å². The number of hydrogen-bond acceptors (Lipinski definition) is 6. The van der Waals surface area contributed by atoms with Crippen LogP contribution in [0.25, 0.3) is 11.4 Å². The van der Waals surface area contributed by atoms with E-state index in [4.69, 9.17) is 0 Å². The molecule has 0 radical (unpaired) electrons. The number of nitro benzene ring substituents is 1. The van der Waals surface area contributed by atoms with Crippen molar-refractivity contribution >= 4 is 11.5 Å². The molecule has 0 N–H and O–H groups in total.